The van der Waals surface area contributed by atoms with E-state index in [2.05, 4.69) is 29.5 Å². The molecule has 2 atom stereocenters. The number of likely N-dealkylation sites (tertiary alicyclic amines) is 1. The molecule has 0 bridgehead atoms. The maximum Gasteiger partial charge on any atom is 0.342 e. The molecule has 2 aliphatic rings. The highest BCUT2D eigenvalue weighted by Gasteiger charge is 2.50. The van der Waals surface area contributed by atoms with E-state index in [1.54, 1.807) is 10.9 Å². The van der Waals surface area contributed by atoms with Crippen molar-refractivity contribution in [1.29, 1.82) is 0 Å². The summed E-state index contributed by atoms with van der Waals surface area (Å²) in [6.45, 7) is 3.82. The highest BCUT2D eigenvalue weighted by atomic mass is 32.2. The number of rotatable bonds is 6. The second-order valence-corrected chi connectivity index (χ2v) is 11.1. The molecular weight excluding hydrogens is 490 g/mol. The van der Waals surface area contributed by atoms with Crippen LogP contribution in [0.3, 0.4) is 0 Å². The van der Waals surface area contributed by atoms with Gasteiger partial charge in [0.1, 0.15) is 0 Å². The number of carboxylic acids is 2. The lowest BCUT2D eigenvalue weighted by atomic mass is 9.79. The first-order valence-electron chi connectivity index (χ1n) is 11.2. The Hall–Kier alpha value is -2.79. The Morgan fingerprint density at radius 1 is 1.09 bits per heavy atom. The first-order chi connectivity index (χ1) is 16.6. The van der Waals surface area contributed by atoms with Gasteiger partial charge in [-0.1, -0.05) is 43.3 Å². The van der Waals surface area contributed by atoms with Gasteiger partial charge in [0.25, 0.3) is 10.1 Å². The highest BCUT2D eigenvalue weighted by Crippen LogP contribution is 2.36. The summed E-state index contributed by atoms with van der Waals surface area (Å²) in [7, 11) is -2.18. The van der Waals surface area contributed by atoms with Crippen molar-refractivity contribution in [2.24, 2.45) is 5.92 Å². The van der Waals surface area contributed by atoms with Crippen LogP contribution in [-0.2, 0) is 23.9 Å². The first kappa shape index (κ1) is 26.8. The molecule has 1 aliphatic carbocycles. The Balaban J connectivity index is 0.000000237. The van der Waals surface area contributed by atoms with Crippen molar-refractivity contribution in [3.63, 3.8) is 0 Å². The summed E-state index contributed by atoms with van der Waals surface area (Å²) in [5.41, 5.74) is -2.57. The van der Waals surface area contributed by atoms with Crippen LogP contribution in [0.25, 0.3) is 0 Å². The Morgan fingerprint density at radius 3 is 2.29 bits per heavy atom. The van der Waals surface area contributed by atoms with Crippen LogP contribution < -0.4 is 0 Å². The fourth-order valence-corrected chi connectivity index (χ4v) is 6.22. The zero-order valence-electron chi connectivity index (χ0n) is 19.5. The predicted octanol–water partition coefficient (Wildman–Crippen LogP) is 3.99. The summed E-state index contributed by atoms with van der Waals surface area (Å²) < 4.78 is 29.7. The van der Waals surface area contributed by atoms with Crippen molar-refractivity contribution in [1.82, 2.24) is 4.90 Å². The van der Waals surface area contributed by atoms with Crippen molar-refractivity contribution in [2.45, 2.75) is 36.2 Å². The van der Waals surface area contributed by atoms with Crippen LogP contribution >= 0.6 is 11.3 Å². The predicted molar refractivity (Wildman–Crippen MR) is 133 cm³/mol. The van der Waals surface area contributed by atoms with Gasteiger partial charge >= 0.3 is 11.9 Å². The molecule has 1 saturated heterocycles. The molecule has 1 aliphatic heterocycles. The van der Waals surface area contributed by atoms with Crippen LogP contribution in [0.5, 0.6) is 0 Å². The van der Waals surface area contributed by atoms with E-state index in [4.69, 9.17) is 9.29 Å². The second-order valence-electron chi connectivity index (χ2n) is 8.55. The number of thiophene rings is 1. The van der Waals surface area contributed by atoms with Crippen LogP contribution in [0, 0.1) is 5.92 Å². The van der Waals surface area contributed by atoms with Crippen molar-refractivity contribution in [3.05, 3.63) is 76.5 Å². The van der Waals surface area contributed by atoms with Crippen LogP contribution in [0.2, 0.25) is 0 Å². The smallest absolute Gasteiger partial charge is 0.342 e. The average molecular weight is 520 g/mol. The number of piperidine rings is 1. The Morgan fingerprint density at radius 2 is 1.74 bits per heavy atom. The standard InChI is InChI=1S/C15H14O7S.C10H15NS/c1-10-12(13(16)17)8-5-9-15(10,14(18)19)22-23(20,21)11-6-3-2-4-7-11;1-11-6-4-9(5-7-11)10-3-2-8-12-10/h2-10H,1H3,(H,16,17)(H,18,19);2-3,8-9H,4-7H2,1H3. The Bertz CT molecular complexity index is 1180. The third kappa shape index (κ3) is 6.26. The normalized spacial score (nSPS) is 23.1. The number of aliphatic carboxylic acids is 2. The van der Waals surface area contributed by atoms with Gasteiger partial charge in [0.05, 0.1) is 4.90 Å². The van der Waals surface area contributed by atoms with Gasteiger partial charge in [-0.3, -0.25) is 0 Å². The molecule has 0 amide bonds. The minimum absolute atomic E-state index is 0.215. The molecule has 2 unspecified atom stereocenters. The summed E-state index contributed by atoms with van der Waals surface area (Å²) in [6, 6.07) is 11.5. The minimum Gasteiger partial charge on any atom is -0.479 e. The molecule has 1 aromatic heterocycles. The molecule has 0 radical (unpaired) electrons. The maximum atomic E-state index is 12.3. The third-order valence-corrected chi connectivity index (χ3v) is 8.63. The molecule has 2 N–H and O–H groups in total. The molecule has 10 heteroatoms. The number of nitrogens with zero attached hydrogens (tertiary/aromatic N) is 1. The molecule has 8 nitrogen and oxygen atoms in total. The molecule has 0 saturated carbocycles. The van der Waals surface area contributed by atoms with E-state index < -0.39 is 33.6 Å². The molecule has 1 aromatic carbocycles. The van der Waals surface area contributed by atoms with E-state index >= 15 is 0 Å². The SMILES string of the molecule is CC1C(C(=O)O)=CC=CC1(OS(=O)(=O)c1ccccc1)C(=O)O.CN1CCC(c2cccs2)CC1. The molecule has 1 fully saturated rings. The summed E-state index contributed by atoms with van der Waals surface area (Å²) in [5.74, 6) is -3.29. The van der Waals surface area contributed by atoms with Crippen LogP contribution in [0.4, 0.5) is 0 Å². The van der Waals surface area contributed by atoms with Gasteiger partial charge in [0, 0.05) is 16.4 Å². The highest BCUT2D eigenvalue weighted by molar-refractivity contribution is 7.86. The van der Waals surface area contributed by atoms with Gasteiger partial charge in [-0.05, 0) is 68.6 Å². The van der Waals surface area contributed by atoms with Crippen molar-refractivity contribution in [2.75, 3.05) is 20.1 Å². The number of benzene rings is 1. The molecular formula is C25H29NO7S2. The molecule has 4 rings (SSSR count). The van der Waals surface area contributed by atoms with E-state index in [1.807, 2.05) is 11.3 Å². The quantitative estimate of drug-likeness (QED) is 0.550. The first-order valence-corrected chi connectivity index (χ1v) is 13.4. The summed E-state index contributed by atoms with van der Waals surface area (Å²) in [5, 5.41) is 20.8. The fraction of sp³-hybridized carbons (Fsp3) is 0.360. The number of allylic oxidation sites excluding steroid dienone is 2. The zero-order chi connectivity index (χ0) is 25.6. The second kappa shape index (κ2) is 11.3. The van der Waals surface area contributed by atoms with E-state index in [1.165, 1.54) is 63.2 Å². The monoisotopic (exact) mass is 519 g/mol. The molecule has 2 aromatic rings. The van der Waals surface area contributed by atoms with E-state index in [-0.39, 0.29) is 10.5 Å². The van der Waals surface area contributed by atoms with Gasteiger partial charge in [-0.25, -0.2) is 13.8 Å². The number of carbonyl (C=O) groups is 2. The lowest BCUT2D eigenvalue weighted by Crippen LogP contribution is -2.49. The van der Waals surface area contributed by atoms with Gasteiger partial charge in [0.2, 0.25) is 5.60 Å². The lowest BCUT2D eigenvalue weighted by Gasteiger charge is -2.33. The largest absolute Gasteiger partial charge is 0.479 e. The van der Waals surface area contributed by atoms with Crippen molar-refractivity contribution >= 4 is 33.4 Å². The van der Waals surface area contributed by atoms with Gasteiger partial charge < -0.3 is 15.1 Å². The van der Waals surface area contributed by atoms with Crippen molar-refractivity contribution < 1.29 is 32.4 Å². The third-order valence-electron chi connectivity index (χ3n) is 6.25. The lowest BCUT2D eigenvalue weighted by molar-refractivity contribution is -0.154. The fourth-order valence-electron chi connectivity index (χ4n) is 4.10. The number of hydrogen-bond acceptors (Lipinski definition) is 7. The zero-order valence-corrected chi connectivity index (χ0v) is 21.2. The minimum atomic E-state index is -4.40. The van der Waals surface area contributed by atoms with E-state index in [9.17, 15) is 23.1 Å². The molecule has 35 heavy (non-hydrogen) atoms. The van der Waals surface area contributed by atoms with Crippen LogP contribution in [-0.4, -0.2) is 61.2 Å². The van der Waals surface area contributed by atoms with Crippen LogP contribution in [0.1, 0.15) is 30.6 Å². The summed E-state index contributed by atoms with van der Waals surface area (Å²) in [6.07, 6.45) is 6.10. The van der Waals surface area contributed by atoms with Crippen molar-refractivity contribution in [3.8, 4) is 0 Å². The van der Waals surface area contributed by atoms with Gasteiger partial charge in [-0.15, -0.1) is 11.3 Å². The average Bonchev–Trinajstić information content (AvgIpc) is 3.36. The van der Waals surface area contributed by atoms with Gasteiger partial charge in [0.15, 0.2) is 0 Å². The summed E-state index contributed by atoms with van der Waals surface area (Å²) >= 11 is 1.91. The van der Waals surface area contributed by atoms with E-state index in [0.29, 0.717) is 0 Å². The molecule has 188 valence electrons. The topological polar surface area (TPSA) is 121 Å². The van der Waals surface area contributed by atoms with Gasteiger partial charge in [-0.2, -0.15) is 8.42 Å². The van der Waals surface area contributed by atoms with Crippen LogP contribution in [0.15, 0.2) is 76.5 Å². The molecule has 0 spiro atoms. The van der Waals surface area contributed by atoms with E-state index in [0.717, 1.165) is 18.1 Å². The Kier molecular flexibility index (Phi) is 8.65. The summed E-state index contributed by atoms with van der Waals surface area (Å²) in [4.78, 5) is 26.7. The number of carboxylic acid groups (broad SMARTS) is 2. The molecule has 2 heterocycles. The Labute approximate surface area is 209 Å². The number of hydrogen-bond donors (Lipinski definition) is 2. The maximum absolute atomic E-state index is 12.3.